The van der Waals surface area contributed by atoms with E-state index in [0.717, 1.165) is 36.5 Å². The molecule has 0 radical (unpaired) electrons. The van der Waals surface area contributed by atoms with Crippen molar-refractivity contribution in [3.63, 3.8) is 0 Å². The van der Waals surface area contributed by atoms with E-state index in [0.29, 0.717) is 16.4 Å². The highest BCUT2D eigenvalue weighted by Gasteiger charge is 2.13. The maximum Gasteiger partial charge on any atom is 0.163 e. The summed E-state index contributed by atoms with van der Waals surface area (Å²) in [6.07, 6.45) is 1.87. The van der Waals surface area contributed by atoms with Crippen molar-refractivity contribution in [3.05, 3.63) is 40.3 Å². The maximum absolute atomic E-state index is 13.2. The normalized spacial score (nSPS) is 10.7. The second-order valence-corrected chi connectivity index (χ2v) is 5.27. The number of aryl methyl sites for hydroxylation is 1. The Morgan fingerprint density at radius 3 is 2.62 bits per heavy atom. The third kappa shape index (κ3) is 3.50. The quantitative estimate of drug-likeness (QED) is 0.875. The van der Waals surface area contributed by atoms with Gasteiger partial charge in [0.15, 0.2) is 5.82 Å². The highest BCUT2D eigenvalue weighted by Crippen LogP contribution is 2.28. The van der Waals surface area contributed by atoms with Crippen LogP contribution in [0.3, 0.4) is 0 Å². The SMILES string of the molecule is CCCNc1nc(-c2ccc(F)cc2Cl)nc(C)c1CC. The Morgan fingerprint density at radius 2 is 2.00 bits per heavy atom. The molecule has 0 amide bonds. The monoisotopic (exact) mass is 307 g/mol. The molecule has 0 spiro atoms. The van der Waals surface area contributed by atoms with E-state index in [1.807, 2.05) is 6.92 Å². The van der Waals surface area contributed by atoms with Gasteiger partial charge in [-0.25, -0.2) is 14.4 Å². The van der Waals surface area contributed by atoms with Crippen LogP contribution in [0.4, 0.5) is 10.2 Å². The van der Waals surface area contributed by atoms with Crippen LogP contribution in [0.5, 0.6) is 0 Å². The Hall–Kier alpha value is -1.68. The van der Waals surface area contributed by atoms with Gasteiger partial charge in [-0.05, 0) is 38.0 Å². The number of benzene rings is 1. The average Bonchev–Trinajstić information content (AvgIpc) is 2.44. The molecular formula is C16H19ClFN3. The Bertz CT molecular complexity index is 644. The molecule has 0 unspecified atom stereocenters. The van der Waals surface area contributed by atoms with Crippen molar-refractivity contribution in [2.45, 2.75) is 33.6 Å². The van der Waals surface area contributed by atoms with E-state index < -0.39 is 0 Å². The van der Waals surface area contributed by atoms with Crippen LogP contribution in [-0.4, -0.2) is 16.5 Å². The Labute approximate surface area is 129 Å². The van der Waals surface area contributed by atoms with Gasteiger partial charge < -0.3 is 5.32 Å². The second-order valence-electron chi connectivity index (χ2n) is 4.86. The van der Waals surface area contributed by atoms with Crippen LogP contribution in [0.25, 0.3) is 11.4 Å². The molecule has 0 bridgehead atoms. The maximum atomic E-state index is 13.2. The highest BCUT2D eigenvalue weighted by molar-refractivity contribution is 6.33. The number of nitrogens with zero attached hydrogens (tertiary/aromatic N) is 2. The summed E-state index contributed by atoms with van der Waals surface area (Å²) in [4.78, 5) is 9.09. The van der Waals surface area contributed by atoms with E-state index in [-0.39, 0.29) is 5.82 Å². The average molecular weight is 308 g/mol. The summed E-state index contributed by atoms with van der Waals surface area (Å²) in [5.74, 6) is 0.991. The van der Waals surface area contributed by atoms with Crippen molar-refractivity contribution in [2.75, 3.05) is 11.9 Å². The van der Waals surface area contributed by atoms with E-state index in [4.69, 9.17) is 11.6 Å². The third-order valence-electron chi connectivity index (χ3n) is 3.28. The zero-order chi connectivity index (χ0) is 15.4. The lowest BCUT2D eigenvalue weighted by atomic mass is 10.1. The van der Waals surface area contributed by atoms with Crippen molar-refractivity contribution in [1.82, 2.24) is 9.97 Å². The molecule has 2 aromatic rings. The molecule has 0 aliphatic rings. The first-order chi connectivity index (χ1) is 10.1. The lowest BCUT2D eigenvalue weighted by molar-refractivity contribution is 0.628. The summed E-state index contributed by atoms with van der Waals surface area (Å²) < 4.78 is 13.2. The van der Waals surface area contributed by atoms with Crippen molar-refractivity contribution in [1.29, 1.82) is 0 Å². The van der Waals surface area contributed by atoms with Gasteiger partial charge in [0.25, 0.3) is 0 Å². The standard InChI is InChI=1S/C16H19ClFN3/c1-4-8-19-15-12(5-2)10(3)20-16(21-15)13-7-6-11(18)9-14(13)17/h6-7,9H,4-5,8H2,1-3H3,(H,19,20,21). The Balaban J connectivity index is 2.51. The molecule has 5 heteroatoms. The molecule has 2 rings (SSSR count). The van der Waals surface area contributed by atoms with Gasteiger partial charge >= 0.3 is 0 Å². The molecule has 112 valence electrons. The van der Waals surface area contributed by atoms with Gasteiger partial charge in [-0.1, -0.05) is 25.4 Å². The van der Waals surface area contributed by atoms with Crippen LogP contribution in [0.1, 0.15) is 31.5 Å². The minimum Gasteiger partial charge on any atom is -0.370 e. The minimum atomic E-state index is -0.366. The van der Waals surface area contributed by atoms with Gasteiger partial charge in [-0.3, -0.25) is 0 Å². The smallest absolute Gasteiger partial charge is 0.163 e. The molecule has 21 heavy (non-hydrogen) atoms. The molecule has 0 atom stereocenters. The number of anilines is 1. The number of hydrogen-bond acceptors (Lipinski definition) is 3. The van der Waals surface area contributed by atoms with Gasteiger partial charge in [0.05, 0.1) is 5.02 Å². The summed E-state index contributed by atoms with van der Waals surface area (Å²) >= 11 is 6.11. The first kappa shape index (κ1) is 15.7. The van der Waals surface area contributed by atoms with Crippen LogP contribution in [0, 0.1) is 12.7 Å². The molecule has 1 N–H and O–H groups in total. The third-order valence-corrected chi connectivity index (χ3v) is 3.59. The van der Waals surface area contributed by atoms with Crippen molar-refractivity contribution >= 4 is 17.4 Å². The topological polar surface area (TPSA) is 37.8 Å². The molecule has 0 aliphatic heterocycles. The van der Waals surface area contributed by atoms with Gasteiger partial charge in [-0.2, -0.15) is 0 Å². The van der Waals surface area contributed by atoms with E-state index in [1.165, 1.54) is 12.1 Å². The van der Waals surface area contributed by atoms with Crippen molar-refractivity contribution in [3.8, 4) is 11.4 Å². The van der Waals surface area contributed by atoms with Crippen LogP contribution in [0.2, 0.25) is 5.02 Å². The first-order valence-corrected chi connectivity index (χ1v) is 7.51. The molecule has 1 heterocycles. The molecular weight excluding hydrogens is 289 g/mol. The number of halogens is 2. The molecule has 0 aliphatic carbocycles. The summed E-state index contributed by atoms with van der Waals surface area (Å²) in [6, 6.07) is 4.26. The molecule has 0 saturated heterocycles. The van der Waals surface area contributed by atoms with Gasteiger partial charge in [0.1, 0.15) is 11.6 Å². The lowest BCUT2D eigenvalue weighted by Crippen LogP contribution is -2.09. The van der Waals surface area contributed by atoms with Crippen molar-refractivity contribution in [2.24, 2.45) is 0 Å². The van der Waals surface area contributed by atoms with Gasteiger partial charge in [0.2, 0.25) is 0 Å². The van der Waals surface area contributed by atoms with E-state index in [2.05, 4.69) is 29.1 Å². The summed E-state index contributed by atoms with van der Waals surface area (Å²) in [7, 11) is 0. The number of nitrogens with one attached hydrogen (secondary N) is 1. The first-order valence-electron chi connectivity index (χ1n) is 7.13. The summed E-state index contributed by atoms with van der Waals surface area (Å²) in [6.45, 7) is 6.98. The van der Waals surface area contributed by atoms with E-state index >= 15 is 0 Å². The molecule has 1 aromatic heterocycles. The van der Waals surface area contributed by atoms with E-state index in [9.17, 15) is 4.39 Å². The van der Waals surface area contributed by atoms with E-state index in [1.54, 1.807) is 6.07 Å². The fraction of sp³-hybridized carbons (Fsp3) is 0.375. The largest absolute Gasteiger partial charge is 0.370 e. The summed E-state index contributed by atoms with van der Waals surface area (Å²) in [5.41, 5.74) is 2.66. The number of hydrogen-bond donors (Lipinski definition) is 1. The van der Waals surface area contributed by atoms with Crippen LogP contribution in [-0.2, 0) is 6.42 Å². The van der Waals surface area contributed by atoms with Gasteiger partial charge in [-0.15, -0.1) is 0 Å². The van der Waals surface area contributed by atoms with Crippen molar-refractivity contribution < 1.29 is 4.39 Å². The Morgan fingerprint density at radius 1 is 1.24 bits per heavy atom. The van der Waals surface area contributed by atoms with Gasteiger partial charge in [0, 0.05) is 23.4 Å². The molecule has 0 saturated carbocycles. The predicted molar refractivity (Wildman–Crippen MR) is 85.3 cm³/mol. The number of rotatable bonds is 5. The second kappa shape index (κ2) is 6.85. The molecule has 1 aromatic carbocycles. The Kier molecular flexibility index (Phi) is 5.12. The zero-order valence-corrected chi connectivity index (χ0v) is 13.3. The fourth-order valence-corrected chi connectivity index (χ4v) is 2.45. The summed E-state index contributed by atoms with van der Waals surface area (Å²) in [5, 5.41) is 3.65. The van der Waals surface area contributed by atoms with Crippen LogP contribution in [0.15, 0.2) is 18.2 Å². The van der Waals surface area contributed by atoms with Crippen LogP contribution >= 0.6 is 11.6 Å². The fourth-order valence-electron chi connectivity index (χ4n) is 2.20. The molecule has 3 nitrogen and oxygen atoms in total. The predicted octanol–water partition coefficient (Wildman–Crippen LogP) is 4.63. The minimum absolute atomic E-state index is 0.320. The lowest BCUT2D eigenvalue weighted by Gasteiger charge is -2.14. The number of aromatic nitrogens is 2. The van der Waals surface area contributed by atoms with Crippen LogP contribution < -0.4 is 5.32 Å². The molecule has 0 fully saturated rings. The highest BCUT2D eigenvalue weighted by atomic mass is 35.5. The zero-order valence-electron chi connectivity index (χ0n) is 12.5.